The Bertz CT molecular complexity index is 506. The highest BCUT2D eigenvalue weighted by Crippen LogP contribution is 2.18. The zero-order valence-corrected chi connectivity index (χ0v) is 11.9. The minimum absolute atomic E-state index is 0.224. The van der Waals surface area contributed by atoms with Crippen molar-refractivity contribution >= 4 is 27.5 Å². The zero-order chi connectivity index (χ0) is 14.3. The summed E-state index contributed by atoms with van der Waals surface area (Å²) in [7, 11) is 0. The minimum atomic E-state index is -0.224. The van der Waals surface area contributed by atoms with Gasteiger partial charge in [0.2, 0.25) is 0 Å². The molecular weight excluding hydrogens is 308 g/mol. The topological polar surface area (TPSA) is 93.9 Å². The van der Waals surface area contributed by atoms with Crippen molar-refractivity contribution < 1.29 is 4.79 Å². The highest BCUT2D eigenvalue weighted by molar-refractivity contribution is 9.10. The number of amides is 1. The molecule has 0 aliphatic heterocycles. The number of carbonyl (C=O) groups is 1. The summed E-state index contributed by atoms with van der Waals surface area (Å²) in [4.78, 5) is 13.8. The molecule has 0 aromatic heterocycles. The Labute approximate surface area is 120 Å². The van der Waals surface area contributed by atoms with E-state index in [1.807, 2.05) is 12.1 Å². The molecule has 1 amide bonds. The lowest BCUT2D eigenvalue weighted by Crippen LogP contribution is -2.32. The number of hydrogen-bond acceptors (Lipinski definition) is 4. The molecule has 0 radical (unpaired) electrons. The second-order valence-corrected chi connectivity index (χ2v) is 4.80. The number of nitrogens with zero attached hydrogens (tertiary/aromatic N) is 3. The zero-order valence-electron chi connectivity index (χ0n) is 10.3. The van der Waals surface area contributed by atoms with Crippen LogP contribution in [0.4, 0.5) is 5.69 Å². The third-order valence-electron chi connectivity index (χ3n) is 2.44. The van der Waals surface area contributed by atoms with Crippen molar-refractivity contribution in [3.63, 3.8) is 0 Å². The van der Waals surface area contributed by atoms with Crippen molar-refractivity contribution in [2.75, 3.05) is 18.8 Å². The van der Waals surface area contributed by atoms with Crippen LogP contribution in [0.1, 0.15) is 23.2 Å². The fraction of sp³-hybridized carbons (Fsp3) is 0.308. The van der Waals surface area contributed by atoms with E-state index in [9.17, 15) is 4.79 Å². The Morgan fingerprint density at radius 3 is 2.26 bits per heavy atom. The normalized spacial score (nSPS) is 9.42. The highest BCUT2D eigenvalue weighted by atomic mass is 79.9. The Morgan fingerprint density at radius 1 is 1.21 bits per heavy atom. The smallest absolute Gasteiger partial charge is 0.254 e. The van der Waals surface area contributed by atoms with Crippen LogP contribution in [-0.4, -0.2) is 23.9 Å². The molecule has 19 heavy (non-hydrogen) atoms. The van der Waals surface area contributed by atoms with Crippen LogP contribution in [0, 0.1) is 22.7 Å². The van der Waals surface area contributed by atoms with Gasteiger partial charge in [0.1, 0.15) is 0 Å². The number of carbonyl (C=O) groups excluding carboxylic acids is 1. The number of anilines is 1. The van der Waals surface area contributed by atoms with Crippen molar-refractivity contribution in [2.24, 2.45) is 0 Å². The van der Waals surface area contributed by atoms with Crippen LogP contribution in [0.15, 0.2) is 22.7 Å². The molecule has 0 unspecified atom stereocenters. The van der Waals surface area contributed by atoms with Gasteiger partial charge in [-0.15, -0.1) is 0 Å². The molecule has 6 heteroatoms. The second-order valence-electron chi connectivity index (χ2n) is 3.88. The molecule has 1 rings (SSSR count). The lowest BCUT2D eigenvalue weighted by molar-refractivity contribution is 0.0762. The van der Waals surface area contributed by atoms with Crippen molar-refractivity contribution in [2.45, 2.75) is 12.8 Å². The fourth-order valence-electron chi connectivity index (χ4n) is 1.60. The first-order valence-corrected chi connectivity index (χ1v) is 6.47. The summed E-state index contributed by atoms with van der Waals surface area (Å²) in [6, 6.07) is 8.94. The summed E-state index contributed by atoms with van der Waals surface area (Å²) in [6.45, 7) is 0.618. The van der Waals surface area contributed by atoms with Gasteiger partial charge in [-0.3, -0.25) is 4.79 Å². The first kappa shape index (κ1) is 15.0. The Kier molecular flexibility index (Phi) is 5.84. The van der Waals surface area contributed by atoms with Gasteiger partial charge in [-0.25, -0.2) is 0 Å². The average Bonchev–Trinajstić information content (AvgIpc) is 2.37. The monoisotopic (exact) mass is 320 g/mol. The van der Waals surface area contributed by atoms with E-state index in [0.717, 1.165) is 4.47 Å². The molecular formula is C13H13BrN4O. The number of nitrogen functional groups attached to an aromatic ring is 1. The molecule has 1 aromatic carbocycles. The van der Waals surface area contributed by atoms with Gasteiger partial charge in [-0.1, -0.05) is 15.9 Å². The van der Waals surface area contributed by atoms with E-state index in [1.165, 1.54) is 4.90 Å². The molecule has 0 saturated heterocycles. The van der Waals surface area contributed by atoms with Crippen LogP contribution in [-0.2, 0) is 0 Å². The summed E-state index contributed by atoms with van der Waals surface area (Å²) in [5, 5.41) is 17.2. The van der Waals surface area contributed by atoms with Gasteiger partial charge in [-0.05, 0) is 18.2 Å². The number of benzene rings is 1. The molecule has 0 spiro atoms. The molecule has 0 saturated carbocycles. The standard InChI is InChI=1S/C13H13BrN4O/c14-11-7-10(8-12(17)9-11)13(19)18(5-1-3-15)6-2-4-16/h7-9H,1-2,5-6,17H2. The SMILES string of the molecule is N#CCCN(CCC#N)C(=O)c1cc(N)cc(Br)c1. The molecule has 98 valence electrons. The maximum absolute atomic E-state index is 12.3. The maximum atomic E-state index is 12.3. The molecule has 0 bridgehead atoms. The van der Waals surface area contributed by atoms with Crippen molar-refractivity contribution in [1.29, 1.82) is 10.5 Å². The van der Waals surface area contributed by atoms with E-state index in [1.54, 1.807) is 18.2 Å². The summed E-state index contributed by atoms with van der Waals surface area (Å²) < 4.78 is 0.719. The third kappa shape index (κ3) is 4.61. The van der Waals surface area contributed by atoms with Gasteiger partial charge >= 0.3 is 0 Å². The van der Waals surface area contributed by atoms with E-state index < -0.39 is 0 Å². The van der Waals surface area contributed by atoms with E-state index in [2.05, 4.69) is 15.9 Å². The highest BCUT2D eigenvalue weighted by Gasteiger charge is 2.16. The third-order valence-corrected chi connectivity index (χ3v) is 2.90. The van der Waals surface area contributed by atoms with Crippen LogP contribution in [0.2, 0.25) is 0 Å². The van der Waals surface area contributed by atoms with Crippen molar-refractivity contribution in [1.82, 2.24) is 4.90 Å². The summed E-state index contributed by atoms with van der Waals surface area (Å²) in [5.41, 5.74) is 6.62. The van der Waals surface area contributed by atoms with E-state index in [0.29, 0.717) is 24.3 Å². The quantitative estimate of drug-likeness (QED) is 0.842. The van der Waals surface area contributed by atoms with E-state index in [-0.39, 0.29) is 18.7 Å². The lowest BCUT2D eigenvalue weighted by atomic mass is 10.1. The predicted octanol–water partition coefficient (Wildman–Crippen LogP) is 2.30. The Hall–Kier alpha value is -2.05. The summed E-state index contributed by atoms with van der Waals surface area (Å²) in [6.07, 6.45) is 0.474. The molecule has 0 aliphatic carbocycles. The van der Waals surface area contributed by atoms with Crippen LogP contribution in [0.3, 0.4) is 0 Å². The number of nitrogens with two attached hydrogens (primary N) is 1. The summed E-state index contributed by atoms with van der Waals surface area (Å²) in [5.74, 6) is -0.224. The maximum Gasteiger partial charge on any atom is 0.254 e. The molecule has 2 N–H and O–H groups in total. The van der Waals surface area contributed by atoms with Gasteiger partial charge in [-0.2, -0.15) is 10.5 Å². The first-order valence-electron chi connectivity index (χ1n) is 5.67. The lowest BCUT2D eigenvalue weighted by Gasteiger charge is -2.20. The number of hydrogen-bond donors (Lipinski definition) is 1. The van der Waals surface area contributed by atoms with Crippen molar-refractivity contribution in [3.05, 3.63) is 28.2 Å². The second kappa shape index (κ2) is 7.40. The molecule has 1 aromatic rings. The molecule has 0 atom stereocenters. The van der Waals surface area contributed by atoms with Crippen LogP contribution < -0.4 is 5.73 Å². The first-order chi connectivity index (χ1) is 9.08. The van der Waals surface area contributed by atoms with Gasteiger partial charge in [0, 0.05) is 28.8 Å². The molecule has 0 fully saturated rings. The van der Waals surface area contributed by atoms with E-state index >= 15 is 0 Å². The van der Waals surface area contributed by atoms with Gasteiger partial charge in [0.05, 0.1) is 25.0 Å². The van der Waals surface area contributed by atoms with Crippen LogP contribution in [0.5, 0.6) is 0 Å². The number of nitriles is 2. The van der Waals surface area contributed by atoms with Gasteiger partial charge < -0.3 is 10.6 Å². The van der Waals surface area contributed by atoms with Crippen molar-refractivity contribution in [3.8, 4) is 12.1 Å². The Balaban J connectivity index is 2.91. The molecule has 0 heterocycles. The number of halogens is 1. The largest absolute Gasteiger partial charge is 0.399 e. The minimum Gasteiger partial charge on any atom is -0.399 e. The van der Waals surface area contributed by atoms with Crippen LogP contribution in [0.25, 0.3) is 0 Å². The van der Waals surface area contributed by atoms with Gasteiger partial charge in [0.15, 0.2) is 0 Å². The average molecular weight is 321 g/mol. The predicted molar refractivity (Wildman–Crippen MR) is 74.9 cm³/mol. The molecule has 5 nitrogen and oxygen atoms in total. The Morgan fingerprint density at radius 2 is 1.79 bits per heavy atom. The molecule has 0 aliphatic rings. The van der Waals surface area contributed by atoms with Crippen LogP contribution >= 0.6 is 15.9 Å². The van der Waals surface area contributed by atoms with E-state index in [4.69, 9.17) is 16.3 Å². The number of rotatable bonds is 5. The van der Waals surface area contributed by atoms with Gasteiger partial charge in [0.25, 0.3) is 5.91 Å². The fourth-order valence-corrected chi connectivity index (χ4v) is 2.11. The summed E-state index contributed by atoms with van der Waals surface area (Å²) >= 11 is 3.28.